The maximum Gasteiger partial charge on any atom is 0.245 e. The number of phenolic OH excluding ortho intramolecular Hbond substituents is 1. The highest BCUT2D eigenvalue weighted by Gasteiger charge is 2.40. The van der Waals surface area contributed by atoms with Crippen LogP contribution in [0.25, 0.3) is 10.8 Å². The Labute approximate surface area is 717 Å². The molecule has 0 bridgehead atoms. The Bertz CT molecular complexity index is 4840. The fourth-order valence-corrected chi connectivity index (χ4v) is 14.3. The van der Waals surface area contributed by atoms with Crippen molar-refractivity contribution in [1.82, 2.24) is 109 Å². The van der Waals surface area contributed by atoms with Crippen LogP contribution in [-0.2, 0) is 113 Å². The Morgan fingerprint density at radius 1 is 0.540 bits per heavy atom. The van der Waals surface area contributed by atoms with Crippen molar-refractivity contribution in [2.24, 2.45) is 30.2 Å². The first-order chi connectivity index (χ1) is 59.4. The second-order valence-electron chi connectivity index (χ2n) is 29.7. The number of rotatable bonds is 26. The van der Waals surface area contributed by atoms with E-state index in [2.05, 4.69) is 99.4 Å². The lowest BCUT2D eigenvalue weighted by Crippen LogP contribution is -2.61. The number of carbonyl (C=O) groups is 14. The summed E-state index contributed by atoms with van der Waals surface area (Å²) < 4.78 is 1.53. The van der Waals surface area contributed by atoms with E-state index >= 15 is 38.4 Å². The van der Waals surface area contributed by atoms with E-state index in [1.807, 2.05) is 24.3 Å². The Morgan fingerprint density at radius 2 is 1.06 bits per heavy atom. The number of primary amides is 1. The van der Waals surface area contributed by atoms with E-state index in [4.69, 9.17) is 28.0 Å². The SMILES string of the molecule is CC[C@H](C)C1NC(=O)C(Cc2ccccc2)NC(=O)CSCC(C(=O)NCC(N)=O)NC(=O)C(Cc2cncn2C)NC(=O)C(CCCNC(=N)N)NC(=O)C(Cc2cnc[nH]2)NC(=O)C(Cc2ccc(O)cc2)N(C)C(=O)C(CCCNC(=N)N)NC(=O)C(CO)NC(=O)CNC(=O)C(Cc2cnc[nH]2)NC(=O)C(Cc2cccc3ccccc23)NC1=O. The number of aliphatic hydroxyl groups is 1. The number of thioether (sulfide) groups is 1. The molecule has 11 unspecified atom stereocenters. The summed E-state index contributed by atoms with van der Waals surface area (Å²) in [5.41, 5.74) is 19.1. The minimum absolute atomic E-state index is 0.00251. The van der Waals surface area contributed by atoms with E-state index in [-0.39, 0.29) is 95.2 Å². The smallest absolute Gasteiger partial charge is 0.245 e. The normalized spacial score (nSPS) is 21.8. The summed E-state index contributed by atoms with van der Waals surface area (Å²) in [5, 5.41) is 75.0. The molecule has 4 heterocycles. The molecule has 124 heavy (non-hydrogen) atoms. The molecule has 3 aromatic heterocycles. The van der Waals surface area contributed by atoms with Crippen molar-refractivity contribution < 1.29 is 77.3 Å². The van der Waals surface area contributed by atoms with Crippen molar-refractivity contribution in [3.8, 4) is 5.75 Å². The average Bonchev–Trinajstić information content (AvgIpc) is 0.872. The highest BCUT2D eigenvalue weighted by molar-refractivity contribution is 8.00. The number of likely N-dealkylation sites (N-methyl/N-ethyl adjacent to an activating group) is 1. The second kappa shape index (κ2) is 47.9. The molecule has 1 aliphatic rings. The predicted molar refractivity (Wildman–Crippen MR) is 454 cm³/mol. The number of phenols is 1. The van der Waals surface area contributed by atoms with Gasteiger partial charge in [-0.3, -0.25) is 77.9 Å². The van der Waals surface area contributed by atoms with Gasteiger partial charge in [-0.2, -0.15) is 0 Å². The second-order valence-corrected chi connectivity index (χ2v) is 30.8. The van der Waals surface area contributed by atoms with Crippen molar-refractivity contribution in [1.29, 1.82) is 10.8 Å². The molecule has 0 aliphatic carbocycles. The Morgan fingerprint density at radius 3 is 1.67 bits per heavy atom. The van der Waals surface area contributed by atoms with Gasteiger partial charge in [0.15, 0.2) is 11.9 Å². The van der Waals surface area contributed by atoms with Gasteiger partial charge in [-0.1, -0.05) is 105 Å². The number of carbonyl (C=O) groups excluding carboxylic acids is 14. The fourth-order valence-electron chi connectivity index (χ4n) is 13.4. The van der Waals surface area contributed by atoms with Crippen LogP contribution in [0.5, 0.6) is 5.75 Å². The first kappa shape index (κ1) is 95.5. The molecular formula is C81H108N26O16S. The number of nitrogens with one attached hydrogen (secondary N) is 18. The molecule has 664 valence electrons. The van der Waals surface area contributed by atoms with Crippen LogP contribution < -0.4 is 91.6 Å². The Hall–Kier alpha value is -14.0. The van der Waals surface area contributed by atoms with Gasteiger partial charge in [0, 0.05) is 107 Å². The van der Waals surface area contributed by atoms with Gasteiger partial charge >= 0.3 is 0 Å². The van der Waals surface area contributed by atoms with Gasteiger partial charge in [0.25, 0.3) is 0 Å². The van der Waals surface area contributed by atoms with Crippen LogP contribution in [-0.4, -0.2) is 257 Å². The van der Waals surface area contributed by atoms with Gasteiger partial charge in [-0.25, -0.2) is 15.0 Å². The molecular weight excluding hydrogens is 1630 g/mol. The zero-order valence-corrected chi connectivity index (χ0v) is 69.7. The summed E-state index contributed by atoms with van der Waals surface area (Å²) in [6.45, 7) is 0.641. The van der Waals surface area contributed by atoms with Crippen molar-refractivity contribution in [2.75, 3.05) is 51.3 Å². The molecule has 0 radical (unpaired) electrons. The molecule has 4 aromatic carbocycles. The number of nitrogens with zero attached hydrogens (tertiary/aromatic N) is 5. The third-order valence-corrected chi connectivity index (χ3v) is 21.4. The standard InChI is InChI=1S/C81H108N26O16S/c1-5-45(2)68-78(122)103-58(30-49-18-11-17-48-16-9-10-19-54(48)49)72(116)100-59(31-50-34-87-42-94-50)69(113)93-38-66(111)97-62(39-108)76(120)99-56(21-13-27-91-81(85)86)79(123)107(4)64(29-47-22-24-53(109)25-23-47)77(121)102-60(32-51-35-88-43-95-51)73(117)98-55(20-12-26-90-80(83)84)71(115)101-61(33-52-36-89-44-106(52)3)74(118)104-63(70(114)92-37-65(82)110)40-124-41-67(112)96-57(75(119)105-68)28-46-14-7-6-8-15-46/h6-11,14-19,22-25,34-36,42-45,55-64,68,108-109H,5,12-13,20-21,26-33,37-41H2,1-4H3,(H2,82,110)(H,87,94)(H,88,95)(H,92,114)(H,93,113)(H,96,112)(H,97,111)(H,98,117)(H,99,120)(H,100,116)(H,101,115)(H,102,121)(H,103,122)(H,104,118)(H,105,119)(H4,83,84,90)(H4,85,86,91)/t45-,55?,56?,57?,58?,59?,60?,61?,62?,63?,64?,68?/m0/s1. The van der Waals surface area contributed by atoms with Crippen molar-refractivity contribution in [2.45, 2.75) is 151 Å². The largest absolute Gasteiger partial charge is 0.508 e. The Kier molecular flexibility index (Phi) is 36.8. The van der Waals surface area contributed by atoms with Gasteiger partial charge < -0.3 is 121 Å². The number of hydrogen-bond acceptors (Lipinski definition) is 22. The number of aryl methyl sites for hydroxylation is 1. The van der Waals surface area contributed by atoms with Gasteiger partial charge in [-0.15, -0.1) is 11.8 Å². The van der Waals surface area contributed by atoms with E-state index < -0.39 is 198 Å². The predicted octanol–water partition coefficient (Wildman–Crippen LogP) is -4.81. The molecule has 0 spiro atoms. The average molecular weight is 1730 g/mol. The molecule has 26 N–H and O–H groups in total. The minimum atomic E-state index is -1.86. The number of aromatic amines is 2. The van der Waals surface area contributed by atoms with E-state index in [9.17, 15) is 39.0 Å². The molecule has 1 fully saturated rings. The topological polar surface area (TPSA) is 652 Å². The van der Waals surface area contributed by atoms with E-state index in [1.165, 1.54) is 73.5 Å². The number of amides is 14. The summed E-state index contributed by atoms with van der Waals surface area (Å²) >= 11 is 0.801. The number of benzene rings is 4. The number of imidazole rings is 3. The maximum absolute atomic E-state index is 15.4. The lowest BCUT2D eigenvalue weighted by molar-refractivity contribution is -0.143. The number of hydrogen-bond donors (Lipinski definition) is 23. The van der Waals surface area contributed by atoms with Gasteiger partial charge in [0.05, 0.1) is 44.4 Å². The molecule has 8 rings (SSSR count). The highest BCUT2D eigenvalue weighted by Crippen LogP contribution is 2.23. The highest BCUT2D eigenvalue weighted by atomic mass is 32.2. The number of aromatic hydroxyl groups is 1. The molecule has 12 atom stereocenters. The summed E-state index contributed by atoms with van der Waals surface area (Å²) in [6.07, 6.45) is 6.19. The molecule has 7 aromatic rings. The summed E-state index contributed by atoms with van der Waals surface area (Å²) in [6, 6.07) is 9.07. The zero-order valence-electron chi connectivity index (χ0n) is 68.8. The van der Waals surface area contributed by atoms with Crippen LogP contribution in [0.1, 0.15) is 79.7 Å². The van der Waals surface area contributed by atoms with Crippen LogP contribution in [0.3, 0.4) is 0 Å². The van der Waals surface area contributed by atoms with Crippen molar-refractivity contribution >= 4 is 117 Å². The van der Waals surface area contributed by atoms with Crippen LogP contribution in [0.2, 0.25) is 0 Å². The summed E-state index contributed by atoms with van der Waals surface area (Å²) in [7, 11) is 2.81. The lowest BCUT2D eigenvalue weighted by Gasteiger charge is -2.33. The maximum atomic E-state index is 15.4. The van der Waals surface area contributed by atoms with E-state index in [1.54, 1.807) is 69.4 Å². The molecule has 42 nitrogen and oxygen atoms in total. The quantitative estimate of drug-likeness (QED) is 0.0137. The molecule has 1 saturated heterocycles. The number of H-pyrrole nitrogens is 2. The molecule has 43 heteroatoms. The van der Waals surface area contributed by atoms with Crippen LogP contribution in [0, 0.1) is 16.7 Å². The monoisotopic (exact) mass is 1730 g/mol. The zero-order chi connectivity index (χ0) is 89.9. The molecule has 14 amide bonds. The third kappa shape index (κ3) is 30.0. The first-order valence-electron chi connectivity index (χ1n) is 40.0. The third-order valence-electron chi connectivity index (χ3n) is 20.4. The first-order valence-corrected chi connectivity index (χ1v) is 41.2. The fraction of sp³-hybridized carbons (Fsp3) is 0.420. The van der Waals surface area contributed by atoms with Crippen molar-refractivity contribution in [3.63, 3.8) is 0 Å². The minimum Gasteiger partial charge on any atom is -0.508 e. The number of aromatic nitrogens is 6. The van der Waals surface area contributed by atoms with E-state index in [0.29, 0.717) is 33.5 Å². The number of aliphatic hydroxyl groups excluding tert-OH is 1. The van der Waals surface area contributed by atoms with Crippen LogP contribution in [0.15, 0.2) is 135 Å². The molecule has 0 saturated carbocycles. The number of nitrogens with two attached hydrogens (primary N) is 3. The summed E-state index contributed by atoms with van der Waals surface area (Å²) in [5.74, 6) is -16.2. The van der Waals surface area contributed by atoms with Crippen LogP contribution in [0.4, 0.5) is 0 Å². The van der Waals surface area contributed by atoms with Crippen LogP contribution >= 0.6 is 11.8 Å². The summed E-state index contributed by atoms with van der Waals surface area (Å²) in [4.78, 5) is 225. The number of guanidine groups is 2. The van der Waals surface area contributed by atoms with Crippen molar-refractivity contribution in [3.05, 3.63) is 168 Å². The van der Waals surface area contributed by atoms with Gasteiger partial charge in [-0.05, 0) is 71.2 Å². The van der Waals surface area contributed by atoms with Gasteiger partial charge in [0.2, 0.25) is 82.7 Å². The Balaban J connectivity index is 1.21. The van der Waals surface area contributed by atoms with Gasteiger partial charge in [0.1, 0.15) is 72.2 Å². The lowest BCUT2D eigenvalue weighted by atomic mass is 9.95. The number of fused-ring (bicyclic) bond motifs is 1. The van der Waals surface area contributed by atoms with E-state index in [0.717, 1.165) is 22.0 Å². The molecule has 1 aliphatic heterocycles.